The predicted octanol–water partition coefficient (Wildman–Crippen LogP) is 2.83. The Morgan fingerprint density at radius 2 is 1.77 bits per heavy atom. The van der Waals surface area contributed by atoms with Gasteiger partial charge in [-0.15, -0.1) is 0 Å². The van der Waals surface area contributed by atoms with Crippen molar-refractivity contribution in [3.05, 3.63) is 42.0 Å². The van der Waals surface area contributed by atoms with Crippen LogP contribution in [0, 0.1) is 0 Å². The highest BCUT2D eigenvalue weighted by Crippen LogP contribution is 2.06. The van der Waals surface area contributed by atoms with Crippen molar-refractivity contribution in [2.24, 2.45) is 0 Å². The van der Waals surface area contributed by atoms with Gasteiger partial charge in [0.2, 0.25) is 0 Å². The molecule has 120 valence electrons. The molecule has 1 aliphatic rings. The first-order chi connectivity index (χ1) is 10.4. The van der Waals surface area contributed by atoms with Crippen LogP contribution < -0.4 is 5.32 Å². The zero-order valence-electron chi connectivity index (χ0n) is 13.9. The zero-order chi connectivity index (χ0) is 16.0. The molecule has 2 amide bonds. The van der Waals surface area contributed by atoms with Crippen molar-refractivity contribution in [1.29, 1.82) is 0 Å². The lowest BCUT2D eigenvalue weighted by Crippen LogP contribution is -2.55. The average Bonchev–Trinajstić information content (AvgIpc) is 2.47. The molecule has 0 aromatic heterocycles. The largest absolute Gasteiger partial charge is 0.333 e. The number of amides is 2. The van der Waals surface area contributed by atoms with Gasteiger partial charge >= 0.3 is 6.03 Å². The molecular weight excluding hydrogens is 274 g/mol. The van der Waals surface area contributed by atoms with Crippen molar-refractivity contribution in [3.63, 3.8) is 0 Å². The second-order valence-corrected chi connectivity index (χ2v) is 6.78. The van der Waals surface area contributed by atoms with Crippen molar-refractivity contribution in [2.45, 2.75) is 26.3 Å². The first-order valence-corrected chi connectivity index (χ1v) is 7.95. The third-order valence-electron chi connectivity index (χ3n) is 3.61. The summed E-state index contributed by atoms with van der Waals surface area (Å²) in [6.07, 6.45) is 4.35. The SMILES string of the molecule is CC(C)(C)NC(=O)N1CCN(CC=Cc2ccccc2)CC1. The van der Waals surface area contributed by atoms with Crippen LogP contribution in [0.1, 0.15) is 26.3 Å². The van der Waals surface area contributed by atoms with Gasteiger partial charge in [0.05, 0.1) is 0 Å². The highest BCUT2D eigenvalue weighted by molar-refractivity contribution is 5.75. The molecule has 0 atom stereocenters. The van der Waals surface area contributed by atoms with Crippen LogP contribution >= 0.6 is 0 Å². The Morgan fingerprint density at radius 1 is 1.14 bits per heavy atom. The van der Waals surface area contributed by atoms with Gasteiger partial charge in [0.1, 0.15) is 0 Å². The lowest BCUT2D eigenvalue weighted by atomic mass is 10.1. The quantitative estimate of drug-likeness (QED) is 0.932. The van der Waals surface area contributed by atoms with E-state index >= 15 is 0 Å². The molecular formula is C18H27N3O. The molecule has 0 bridgehead atoms. The molecule has 0 aliphatic carbocycles. The average molecular weight is 301 g/mol. The maximum absolute atomic E-state index is 12.1. The topological polar surface area (TPSA) is 35.6 Å². The third kappa shape index (κ3) is 5.53. The number of hydrogen-bond acceptors (Lipinski definition) is 2. The van der Waals surface area contributed by atoms with E-state index in [1.165, 1.54) is 5.56 Å². The van der Waals surface area contributed by atoms with Crippen LogP contribution in [0.15, 0.2) is 36.4 Å². The number of urea groups is 1. The smallest absolute Gasteiger partial charge is 0.317 e. The molecule has 1 fully saturated rings. The maximum Gasteiger partial charge on any atom is 0.317 e. The van der Waals surface area contributed by atoms with Crippen molar-refractivity contribution in [3.8, 4) is 0 Å². The number of rotatable bonds is 3. The molecule has 4 heteroatoms. The molecule has 1 aromatic carbocycles. The summed E-state index contributed by atoms with van der Waals surface area (Å²) in [5.74, 6) is 0. The first kappa shape index (κ1) is 16.6. The van der Waals surface area contributed by atoms with Crippen molar-refractivity contribution >= 4 is 12.1 Å². The van der Waals surface area contributed by atoms with Gasteiger partial charge in [0.15, 0.2) is 0 Å². The van der Waals surface area contributed by atoms with Gasteiger partial charge in [-0.1, -0.05) is 42.5 Å². The Hall–Kier alpha value is -1.81. The molecule has 4 nitrogen and oxygen atoms in total. The van der Waals surface area contributed by atoms with Gasteiger partial charge in [-0.05, 0) is 26.3 Å². The Balaban J connectivity index is 1.73. The molecule has 1 aromatic rings. The van der Waals surface area contributed by atoms with Gasteiger partial charge in [-0.2, -0.15) is 0 Å². The number of hydrogen-bond donors (Lipinski definition) is 1. The van der Waals surface area contributed by atoms with Crippen LogP contribution in [-0.2, 0) is 0 Å². The van der Waals surface area contributed by atoms with E-state index in [1.807, 2.05) is 43.9 Å². The number of carbonyl (C=O) groups excluding carboxylic acids is 1. The Morgan fingerprint density at radius 3 is 2.36 bits per heavy atom. The zero-order valence-corrected chi connectivity index (χ0v) is 13.9. The second kappa shape index (κ2) is 7.45. The summed E-state index contributed by atoms with van der Waals surface area (Å²) >= 11 is 0. The molecule has 0 unspecified atom stereocenters. The summed E-state index contributed by atoms with van der Waals surface area (Å²) in [5, 5.41) is 3.02. The van der Waals surface area contributed by atoms with Crippen LogP contribution in [0.4, 0.5) is 4.79 Å². The molecule has 2 rings (SSSR count). The highest BCUT2D eigenvalue weighted by atomic mass is 16.2. The van der Waals surface area contributed by atoms with E-state index in [0.717, 1.165) is 32.7 Å². The standard InChI is InChI=1S/C18H27N3O/c1-18(2,3)19-17(22)21-14-12-20(13-15-21)11-7-10-16-8-5-4-6-9-16/h4-10H,11-15H2,1-3H3,(H,19,22). The van der Waals surface area contributed by atoms with Gasteiger partial charge in [0, 0.05) is 38.3 Å². The van der Waals surface area contributed by atoms with E-state index in [1.54, 1.807) is 0 Å². The fourth-order valence-electron chi connectivity index (χ4n) is 2.44. The molecule has 1 heterocycles. The van der Waals surface area contributed by atoms with Crippen LogP contribution in [-0.4, -0.2) is 54.1 Å². The van der Waals surface area contributed by atoms with Crippen molar-refractivity contribution in [1.82, 2.24) is 15.1 Å². The minimum absolute atomic E-state index is 0.0481. The molecule has 1 N–H and O–H groups in total. The third-order valence-corrected chi connectivity index (χ3v) is 3.61. The predicted molar refractivity (Wildman–Crippen MR) is 91.8 cm³/mol. The second-order valence-electron chi connectivity index (χ2n) is 6.78. The van der Waals surface area contributed by atoms with Crippen LogP contribution in [0.2, 0.25) is 0 Å². The van der Waals surface area contributed by atoms with Gasteiger partial charge in [-0.3, -0.25) is 4.90 Å². The number of carbonyl (C=O) groups is 1. The molecule has 0 radical (unpaired) electrons. The number of piperazine rings is 1. The molecule has 0 saturated carbocycles. The normalized spacial score (nSPS) is 17.0. The van der Waals surface area contributed by atoms with Crippen molar-refractivity contribution < 1.29 is 4.79 Å². The van der Waals surface area contributed by atoms with E-state index in [9.17, 15) is 4.79 Å². The molecule has 1 aliphatic heterocycles. The Kier molecular flexibility index (Phi) is 5.61. The Bertz CT molecular complexity index is 497. The summed E-state index contributed by atoms with van der Waals surface area (Å²) < 4.78 is 0. The summed E-state index contributed by atoms with van der Waals surface area (Å²) in [6, 6.07) is 10.4. The molecule has 0 spiro atoms. The fraction of sp³-hybridized carbons (Fsp3) is 0.500. The van der Waals surface area contributed by atoms with E-state index in [-0.39, 0.29) is 11.6 Å². The van der Waals surface area contributed by atoms with E-state index in [0.29, 0.717) is 0 Å². The monoisotopic (exact) mass is 301 g/mol. The lowest BCUT2D eigenvalue weighted by Gasteiger charge is -2.35. The number of nitrogens with zero attached hydrogens (tertiary/aromatic N) is 2. The molecule has 22 heavy (non-hydrogen) atoms. The number of nitrogens with one attached hydrogen (secondary N) is 1. The highest BCUT2D eigenvalue weighted by Gasteiger charge is 2.23. The fourth-order valence-corrected chi connectivity index (χ4v) is 2.44. The minimum Gasteiger partial charge on any atom is -0.333 e. The summed E-state index contributed by atoms with van der Waals surface area (Å²) in [5.41, 5.74) is 1.05. The summed E-state index contributed by atoms with van der Waals surface area (Å²) in [6.45, 7) is 10.4. The van der Waals surface area contributed by atoms with Crippen LogP contribution in [0.3, 0.4) is 0 Å². The van der Waals surface area contributed by atoms with E-state index in [2.05, 4.69) is 34.5 Å². The Labute approximate surface area is 133 Å². The van der Waals surface area contributed by atoms with Crippen molar-refractivity contribution in [2.75, 3.05) is 32.7 Å². The summed E-state index contributed by atoms with van der Waals surface area (Å²) in [4.78, 5) is 16.4. The van der Waals surface area contributed by atoms with Gasteiger partial charge in [0.25, 0.3) is 0 Å². The minimum atomic E-state index is -0.174. The lowest BCUT2D eigenvalue weighted by molar-refractivity contribution is 0.141. The van der Waals surface area contributed by atoms with Crippen LogP contribution in [0.25, 0.3) is 6.08 Å². The molecule has 1 saturated heterocycles. The van der Waals surface area contributed by atoms with Gasteiger partial charge in [-0.25, -0.2) is 4.79 Å². The maximum atomic E-state index is 12.1. The van der Waals surface area contributed by atoms with Gasteiger partial charge < -0.3 is 10.2 Å². The van der Waals surface area contributed by atoms with E-state index in [4.69, 9.17) is 0 Å². The first-order valence-electron chi connectivity index (χ1n) is 7.95. The summed E-state index contributed by atoms with van der Waals surface area (Å²) in [7, 11) is 0. The van der Waals surface area contributed by atoms with E-state index < -0.39 is 0 Å². The van der Waals surface area contributed by atoms with Crippen LogP contribution in [0.5, 0.6) is 0 Å². The number of benzene rings is 1.